The van der Waals surface area contributed by atoms with E-state index in [2.05, 4.69) is 57.7 Å². The molecule has 3 nitrogen and oxygen atoms in total. The van der Waals surface area contributed by atoms with Gasteiger partial charge in [-0.15, -0.1) is 0 Å². The molecule has 5 heteroatoms. The van der Waals surface area contributed by atoms with Gasteiger partial charge in [-0.3, -0.25) is 4.79 Å². The molecule has 0 aliphatic carbocycles. The number of hydrogen-bond donors (Lipinski definition) is 1. The Balaban J connectivity index is 2.62. The molecule has 0 fully saturated rings. The molecule has 0 saturated heterocycles. The summed E-state index contributed by atoms with van der Waals surface area (Å²) < 4.78 is 6.95. The van der Waals surface area contributed by atoms with E-state index in [-0.39, 0.29) is 11.3 Å². The molecule has 0 unspecified atom stereocenters. The Morgan fingerprint density at radius 1 is 1.47 bits per heavy atom. The zero-order valence-corrected chi connectivity index (χ0v) is 15.2. The van der Waals surface area contributed by atoms with Crippen molar-refractivity contribution in [2.45, 2.75) is 20.3 Å². The molecule has 1 N–H and O–H groups in total. The summed E-state index contributed by atoms with van der Waals surface area (Å²) in [4.78, 5) is 12.2. The van der Waals surface area contributed by atoms with Gasteiger partial charge in [-0.1, -0.05) is 13.8 Å². The Hall–Kier alpha value is -0.140. The first-order valence-electron chi connectivity index (χ1n) is 6.08. The topological polar surface area (TPSA) is 38.3 Å². The predicted molar refractivity (Wildman–Crippen MR) is 89.5 cm³/mol. The summed E-state index contributed by atoms with van der Waals surface area (Å²) in [5, 5.41) is 2.99. The molecule has 0 radical (unpaired) electrons. The summed E-state index contributed by atoms with van der Waals surface area (Å²) in [5.41, 5.74) is 0.703. The number of rotatable bonds is 6. The van der Waals surface area contributed by atoms with Gasteiger partial charge >= 0.3 is 0 Å². The first-order valence-corrected chi connectivity index (χ1v) is 7.95. The van der Waals surface area contributed by atoms with E-state index in [0.717, 1.165) is 14.5 Å². The van der Waals surface area contributed by atoms with Crippen molar-refractivity contribution in [3.05, 3.63) is 31.8 Å². The number of amides is 1. The maximum atomic E-state index is 12.2. The molecule has 1 rings (SSSR count). The third-order valence-corrected chi connectivity index (χ3v) is 4.25. The second kappa shape index (κ2) is 7.59. The fourth-order valence-electron chi connectivity index (χ4n) is 1.55. The fraction of sp³-hybridized carbons (Fsp3) is 0.500. The van der Waals surface area contributed by atoms with Crippen LogP contribution in [0, 0.1) is 8.99 Å². The van der Waals surface area contributed by atoms with Crippen LogP contribution in [0.1, 0.15) is 30.6 Å². The maximum Gasteiger partial charge on any atom is 0.252 e. The summed E-state index contributed by atoms with van der Waals surface area (Å²) in [7, 11) is 1.69. The molecular weight excluding hydrogens is 421 g/mol. The van der Waals surface area contributed by atoms with Crippen LogP contribution in [0.15, 0.2) is 22.7 Å². The molecule has 0 heterocycles. The number of hydrogen-bond acceptors (Lipinski definition) is 2. The van der Waals surface area contributed by atoms with E-state index >= 15 is 0 Å². The first-order chi connectivity index (χ1) is 8.85. The third kappa shape index (κ3) is 5.79. The Morgan fingerprint density at radius 3 is 2.79 bits per heavy atom. The van der Waals surface area contributed by atoms with Crippen molar-refractivity contribution in [2.75, 3.05) is 20.3 Å². The quantitative estimate of drug-likeness (QED) is 0.683. The highest BCUT2D eigenvalue weighted by molar-refractivity contribution is 14.1. The molecule has 0 atom stereocenters. The molecule has 0 aliphatic heterocycles. The Labute approximate surface area is 136 Å². The highest BCUT2D eigenvalue weighted by Crippen LogP contribution is 2.21. The van der Waals surface area contributed by atoms with E-state index in [1.165, 1.54) is 0 Å². The van der Waals surface area contributed by atoms with Gasteiger partial charge in [-0.25, -0.2) is 0 Å². The Morgan fingerprint density at radius 2 is 2.16 bits per heavy atom. The van der Waals surface area contributed by atoms with Crippen LogP contribution in [0.5, 0.6) is 0 Å². The molecule has 19 heavy (non-hydrogen) atoms. The molecule has 1 aromatic carbocycles. The van der Waals surface area contributed by atoms with Gasteiger partial charge in [0.25, 0.3) is 5.91 Å². The number of nitrogens with one attached hydrogen (secondary N) is 1. The standard InChI is InChI=1S/C14H19BrINO2/c1-14(2,6-7-19-3)9-17-13(18)11-8-10(16)4-5-12(11)15/h4-5,8H,6-7,9H2,1-3H3,(H,17,18). The number of carbonyl (C=O) groups is 1. The van der Waals surface area contributed by atoms with Gasteiger partial charge in [0.05, 0.1) is 5.56 Å². The number of ether oxygens (including phenoxy) is 1. The average molecular weight is 440 g/mol. The van der Waals surface area contributed by atoms with Gasteiger partial charge in [0.15, 0.2) is 0 Å². The van der Waals surface area contributed by atoms with E-state index < -0.39 is 0 Å². The minimum atomic E-state index is -0.0455. The highest BCUT2D eigenvalue weighted by Gasteiger charge is 2.19. The summed E-state index contributed by atoms with van der Waals surface area (Å²) in [6, 6.07) is 5.73. The van der Waals surface area contributed by atoms with Crippen LogP contribution in [0.25, 0.3) is 0 Å². The van der Waals surface area contributed by atoms with Gasteiger partial charge in [0.2, 0.25) is 0 Å². The van der Waals surface area contributed by atoms with Crippen LogP contribution in [0.3, 0.4) is 0 Å². The maximum absolute atomic E-state index is 12.2. The van der Waals surface area contributed by atoms with Gasteiger partial charge in [-0.2, -0.15) is 0 Å². The molecule has 0 aliphatic rings. The summed E-state index contributed by atoms with van der Waals surface area (Å²) in [5.74, 6) is -0.0455. The second-order valence-corrected chi connectivity index (χ2v) is 7.31. The normalized spacial score (nSPS) is 11.4. The van der Waals surface area contributed by atoms with Crippen LogP contribution < -0.4 is 5.32 Å². The number of carbonyl (C=O) groups excluding carboxylic acids is 1. The second-order valence-electron chi connectivity index (χ2n) is 5.21. The first kappa shape index (κ1) is 16.9. The minimum absolute atomic E-state index is 0.0279. The Bertz CT molecular complexity index is 449. The van der Waals surface area contributed by atoms with Crippen LogP contribution in [0.2, 0.25) is 0 Å². The van der Waals surface area contributed by atoms with E-state index in [9.17, 15) is 4.79 Å². The molecular formula is C14H19BrINO2. The molecule has 1 amide bonds. The molecule has 1 aromatic rings. The van der Waals surface area contributed by atoms with Crippen molar-refractivity contribution in [3.8, 4) is 0 Å². The van der Waals surface area contributed by atoms with E-state index in [1.807, 2.05) is 18.2 Å². The highest BCUT2D eigenvalue weighted by atomic mass is 127. The SMILES string of the molecule is COCCC(C)(C)CNC(=O)c1cc(I)ccc1Br. The summed E-state index contributed by atoms with van der Waals surface area (Å²) >= 11 is 5.61. The van der Waals surface area contributed by atoms with E-state index in [0.29, 0.717) is 18.7 Å². The molecule has 0 bridgehead atoms. The lowest BCUT2D eigenvalue weighted by Gasteiger charge is -2.24. The third-order valence-electron chi connectivity index (χ3n) is 2.88. The minimum Gasteiger partial charge on any atom is -0.385 e. The zero-order chi connectivity index (χ0) is 14.5. The van der Waals surface area contributed by atoms with Crippen molar-refractivity contribution in [1.82, 2.24) is 5.32 Å². The van der Waals surface area contributed by atoms with Crippen LogP contribution in [0.4, 0.5) is 0 Å². The molecule has 106 valence electrons. The van der Waals surface area contributed by atoms with Gasteiger partial charge in [-0.05, 0) is 68.6 Å². The zero-order valence-electron chi connectivity index (χ0n) is 11.4. The monoisotopic (exact) mass is 439 g/mol. The van der Waals surface area contributed by atoms with Crippen LogP contribution >= 0.6 is 38.5 Å². The van der Waals surface area contributed by atoms with E-state index in [1.54, 1.807) is 7.11 Å². The lowest BCUT2D eigenvalue weighted by atomic mass is 9.89. The van der Waals surface area contributed by atoms with Crippen molar-refractivity contribution >= 4 is 44.4 Å². The van der Waals surface area contributed by atoms with Crippen molar-refractivity contribution in [1.29, 1.82) is 0 Å². The largest absolute Gasteiger partial charge is 0.385 e. The van der Waals surface area contributed by atoms with E-state index in [4.69, 9.17) is 4.74 Å². The van der Waals surface area contributed by atoms with Gasteiger partial charge in [0, 0.05) is 28.3 Å². The number of halogens is 2. The molecule has 0 saturated carbocycles. The van der Waals surface area contributed by atoms with Gasteiger partial charge < -0.3 is 10.1 Å². The number of benzene rings is 1. The lowest BCUT2D eigenvalue weighted by molar-refractivity contribution is 0.0920. The summed E-state index contributed by atoms with van der Waals surface area (Å²) in [6.45, 7) is 5.58. The van der Waals surface area contributed by atoms with Gasteiger partial charge in [0.1, 0.15) is 0 Å². The lowest BCUT2D eigenvalue weighted by Crippen LogP contribution is -2.34. The van der Waals surface area contributed by atoms with Crippen molar-refractivity contribution in [3.63, 3.8) is 0 Å². The Kier molecular flexibility index (Phi) is 6.76. The van der Waals surface area contributed by atoms with Crippen molar-refractivity contribution in [2.24, 2.45) is 5.41 Å². The van der Waals surface area contributed by atoms with Crippen molar-refractivity contribution < 1.29 is 9.53 Å². The van der Waals surface area contributed by atoms with Crippen LogP contribution in [-0.4, -0.2) is 26.2 Å². The fourth-order valence-corrected chi connectivity index (χ4v) is 2.47. The predicted octanol–water partition coefficient (Wildman–Crippen LogP) is 3.85. The smallest absolute Gasteiger partial charge is 0.252 e. The number of methoxy groups -OCH3 is 1. The average Bonchev–Trinajstić information content (AvgIpc) is 2.36. The molecule has 0 spiro atoms. The molecule has 0 aromatic heterocycles. The summed E-state index contributed by atoms with van der Waals surface area (Å²) in [6.07, 6.45) is 0.914. The van der Waals surface area contributed by atoms with Crippen LogP contribution in [-0.2, 0) is 4.74 Å².